The van der Waals surface area contributed by atoms with Crippen molar-refractivity contribution in [2.45, 2.75) is 25.4 Å². The molecule has 0 spiro atoms. The minimum absolute atomic E-state index is 0.165. The number of nitrogens with one attached hydrogen (secondary N) is 1. The number of carbonyl (C=O) groups excluding carboxylic acids is 2. The fourth-order valence-corrected chi connectivity index (χ4v) is 3.82. The van der Waals surface area contributed by atoms with E-state index < -0.39 is 12.0 Å². The van der Waals surface area contributed by atoms with Gasteiger partial charge in [-0.25, -0.2) is 4.99 Å². The molecular formula is C23H24ClN3O3. The number of ether oxygens (including phenoxy) is 1. The van der Waals surface area contributed by atoms with Crippen LogP contribution in [0.4, 0.5) is 0 Å². The van der Waals surface area contributed by atoms with Gasteiger partial charge in [0.2, 0.25) is 0 Å². The van der Waals surface area contributed by atoms with Crippen LogP contribution in [-0.2, 0) is 14.3 Å². The van der Waals surface area contributed by atoms with E-state index in [2.05, 4.69) is 15.2 Å². The number of nitrogens with zero attached hydrogens (tertiary/aromatic N) is 2. The van der Waals surface area contributed by atoms with Crippen LogP contribution in [0.15, 0.2) is 58.8 Å². The van der Waals surface area contributed by atoms with E-state index in [1.54, 1.807) is 48.6 Å². The van der Waals surface area contributed by atoms with E-state index in [1.165, 1.54) is 19.3 Å². The highest BCUT2D eigenvalue weighted by molar-refractivity contribution is 6.30. The summed E-state index contributed by atoms with van der Waals surface area (Å²) in [4.78, 5) is 31.4. The number of fused-ring (bicyclic) bond motifs is 1. The van der Waals surface area contributed by atoms with Crippen molar-refractivity contribution in [3.05, 3.63) is 64.4 Å². The number of amides is 2. The molecule has 1 N–H and O–H groups in total. The number of hydrogen-bond donors (Lipinski definition) is 1. The molecule has 4 rings (SSSR count). The molecule has 2 heterocycles. The Hall–Kier alpha value is -2.70. The summed E-state index contributed by atoms with van der Waals surface area (Å²) in [7, 11) is 0. The summed E-state index contributed by atoms with van der Waals surface area (Å²) in [5.41, 5.74) is 1.72. The molecular weight excluding hydrogens is 402 g/mol. The minimum atomic E-state index is -0.480. The Morgan fingerprint density at radius 3 is 2.77 bits per heavy atom. The first-order valence-electron chi connectivity index (χ1n) is 10.3. The van der Waals surface area contributed by atoms with Gasteiger partial charge in [0, 0.05) is 23.7 Å². The number of carbonyl (C=O) groups is 2. The lowest BCUT2D eigenvalue weighted by molar-refractivity contribution is -0.119. The third kappa shape index (κ3) is 5.07. The van der Waals surface area contributed by atoms with E-state index in [9.17, 15) is 9.59 Å². The number of hydrogen-bond acceptors (Lipinski definition) is 4. The van der Waals surface area contributed by atoms with Crippen LogP contribution in [0.3, 0.4) is 0 Å². The van der Waals surface area contributed by atoms with E-state index in [0.29, 0.717) is 22.9 Å². The molecule has 0 bridgehead atoms. The van der Waals surface area contributed by atoms with Gasteiger partial charge in [-0.2, -0.15) is 0 Å². The van der Waals surface area contributed by atoms with Crippen molar-refractivity contribution in [2.24, 2.45) is 4.99 Å². The molecule has 1 aromatic carbocycles. The summed E-state index contributed by atoms with van der Waals surface area (Å²) >= 11 is 5.89. The Morgan fingerprint density at radius 1 is 1.23 bits per heavy atom. The molecule has 0 saturated carbocycles. The molecule has 2 amide bonds. The number of likely N-dealkylation sites (tertiary alicyclic amines) is 1. The first kappa shape index (κ1) is 20.6. The third-order valence-corrected chi connectivity index (χ3v) is 5.59. The van der Waals surface area contributed by atoms with Gasteiger partial charge in [-0.1, -0.05) is 30.2 Å². The molecule has 1 unspecified atom stereocenters. The van der Waals surface area contributed by atoms with Gasteiger partial charge < -0.3 is 15.0 Å². The van der Waals surface area contributed by atoms with Crippen LogP contribution >= 0.6 is 11.6 Å². The Kier molecular flexibility index (Phi) is 6.45. The molecule has 156 valence electrons. The van der Waals surface area contributed by atoms with Crippen molar-refractivity contribution in [1.82, 2.24) is 10.2 Å². The molecule has 1 aromatic rings. The van der Waals surface area contributed by atoms with Gasteiger partial charge in [0.25, 0.3) is 5.91 Å². The summed E-state index contributed by atoms with van der Waals surface area (Å²) in [6, 6.07) is 7.09. The largest absolute Gasteiger partial charge is 0.474 e. The Labute approximate surface area is 180 Å². The lowest BCUT2D eigenvalue weighted by Gasteiger charge is -2.26. The Bertz CT molecular complexity index is 941. The van der Waals surface area contributed by atoms with E-state index in [4.69, 9.17) is 16.3 Å². The van der Waals surface area contributed by atoms with E-state index in [-0.39, 0.29) is 11.7 Å². The van der Waals surface area contributed by atoms with Crippen molar-refractivity contribution in [3.8, 4) is 0 Å². The van der Waals surface area contributed by atoms with Crippen LogP contribution in [0.25, 0.3) is 6.08 Å². The highest BCUT2D eigenvalue weighted by Gasteiger charge is 2.29. The highest BCUT2D eigenvalue weighted by atomic mass is 35.5. The van der Waals surface area contributed by atoms with Gasteiger partial charge >= 0.3 is 5.91 Å². The number of rotatable bonds is 5. The lowest BCUT2D eigenvalue weighted by Crippen LogP contribution is -2.38. The molecule has 1 atom stereocenters. The molecule has 30 heavy (non-hydrogen) atoms. The van der Waals surface area contributed by atoms with Gasteiger partial charge in [0.1, 0.15) is 0 Å². The number of benzene rings is 1. The quantitative estimate of drug-likeness (QED) is 0.736. The Morgan fingerprint density at radius 2 is 2.00 bits per heavy atom. The van der Waals surface area contributed by atoms with Gasteiger partial charge in [0.15, 0.2) is 11.9 Å². The SMILES string of the molecule is O=C(NCCN1CCCCC1)C1=CC2=NC(=O)/C(=C\c3ccc(Cl)cc3)OC2C=C1. The van der Waals surface area contributed by atoms with Crippen molar-refractivity contribution >= 4 is 35.2 Å². The fraction of sp³-hybridized carbons (Fsp3) is 0.348. The average Bonchev–Trinajstić information content (AvgIpc) is 2.76. The second-order valence-electron chi connectivity index (χ2n) is 7.56. The predicted octanol–water partition coefficient (Wildman–Crippen LogP) is 3.15. The van der Waals surface area contributed by atoms with Gasteiger partial charge in [-0.3, -0.25) is 9.59 Å². The van der Waals surface area contributed by atoms with Crippen molar-refractivity contribution in [3.63, 3.8) is 0 Å². The molecule has 6 nitrogen and oxygen atoms in total. The number of halogens is 1. The maximum atomic E-state index is 12.5. The average molecular weight is 426 g/mol. The van der Waals surface area contributed by atoms with Crippen LogP contribution in [0.2, 0.25) is 5.02 Å². The van der Waals surface area contributed by atoms with Gasteiger partial charge in [-0.15, -0.1) is 0 Å². The number of piperidine rings is 1. The molecule has 0 radical (unpaired) electrons. The van der Waals surface area contributed by atoms with Crippen molar-refractivity contribution in [1.29, 1.82) is 0 Å². The van der Waals surface area contributed by atoms with Crippen LogP contribution in [0.5, 0.6) is 0 Å². The van der Waals surface area contributed by atoms with Crippen LogP contribution < -0.4 is 5.32 Å². The Balaban J connectivity index is 1.38. The van der Waals surface area contributed by atoms with Crippen LogP contribution in [0.1, 0.15) is 24.8 Å². The summed E-state index contributed by atoms with van der Waals surface area (Å²) in [5.74, 6) is -0.467. The molecule has 7 heteroatoms. The zero-order valence-corrected chi connectivity index (χ0v) is 17.4. The van der Waals surface area contributed by atoms with E-state index in [1.807, 2.05) is 0 Å². The first-order chi connectivity index (χ1) is 14.6. The lowest BCUT2D eigenvalue weighted by atomic mass is 10.0. The molecule has 1 aliphatic carbocycles. The second-order valence-corrected chi connectivity index (χ2v) is 7.99. The zero-order valence-electron chi connectivity index (χ0n) is 16.6. The summed E-state index contributed by atoms with van der Waals surface area (Å²) in [6.45, 7) is 3.65. The molecule has 2 aliphatic heterocycles. The fourth-order valence-electron chi connectivity index (χ4n) is 3.69. The minimum Gasteiger partial charge on any atom is -0.474 e. The second kappa shape index (κ2) is 9.41. The topological polar surface area (TPSA) is 71.0 Å². The normalized spacial score (nSPS) is 22.8. The smallest absolute Gasteiger partial charge is 0.312 e. The van der Waals surface area contributed by atoms with Crippen LogP contribution in [0, 0.1) is 0 Å². The molecule has 1 fully saturated rings. The van der Waals surface area contributed by atoms with Crippen molar-refractivity contribution in [2.75, 3.05) is 26.2 Å². The molecule has 1 saturated heterocycles. The molecule has 0 aromatic heterocycles. The predicted molar refractivity (Wildman–Crippen MR) is 117 cm³/mol. The van der Waals surface area contributed by atoms with Crippen molar-refractivity contribution < 1.29 is 14.3 Å². The molecule has 3 aliphatic rings. The summed E-state index contributed by atoms with van der Waals surface area (Å²) < 4.78 is 5.80. The highest BCUT2D eigenvalue weighted by Crippen LogP contribution is 2.23. The number of aliphatic imine (C=N–C) groups is 1. The van der Waals surface area contributed by atoms with Gasteiger partial charge in [-0.05, 0) is 67.9 Å². The first-order valence-corrected chi connectivity index (χ1v) is 10.6. The van der Waals surface area contributed by atoms with Gasteiger partial charge in [0.05, 0.1) is 5.71 Å². The summed E-state index contributed by atoms with van der Waals surface area (Å²) in [6.07, 6.45) is 10.00. The maximum absolute atomic E-state index is 12.5. The third-order valence-electron chi connectivity index (χ3n) is 5.33. The van der Waals surface area contributed by atoms with E-state index >= 15 is 0 Å². The summed E-state index contributed by atoms with van der Waals surface area (Å²) in [5, 5.41) is 3.57. The zero-order chi connectivity index (χ0) is 20.9. The monoisotopic (exact) mass is 425 g/mol. The van der Waals surface area contributed by atoms with Crippen LogP contribution in [-0.4, -0.2) is 54.7 Å². The maximum Gasteiger partial charge on any atom is 0.312 e. The van der Waals surface area contributed by atoms with E-state index in [0.717, 1.165) is 25.2 Å². The standard InChI is InChI=1S/C23H24ClN3O3/c24-18-7-4-16(5-8-18)14-21-23(29)26-19-15-17(6-9-20(19)30-21)22(28)25-10-13-27-11-2-1-3-12-27/h4-9,14-15,20H,1-3,10-13H2,(H,25,28)/b21-14+.